The number of hydrogen-bond acceptors (Lipinski definition) is 0. The molecule has 0 radical (unpaired) electrons. The van der Waals surface area contributed by atoms with Crippen LogP contribution in [0.5, 0.6) is 0 Å². The lowest BCUT2D eigenvalue weighted by atomic mass is 10.2. The minimum atomic E-state index is -2.36. The van der Waals surface area contributed by atoms with E-state index in [1.54, 1.807) is 30.3 Å². The van der Waals surface area contributed by atoms with Gasteiger partial charge in [-0.25, -0.2) is 8.78 Å². The van der Waals surface area contributed by atoms with Gasteiger partial charge in [0.1, 0.15) is 0 Å². The van der Waals surface area contributed by atoms with Gasteiger partial charge in [0.15, 0.2) is 0 Å². The quantitative estimate of drug-likeness (QED) is 0.562. The van der Waals surface area contributed by atoms with Crippen molar-refractivity contribution in [1.29, 1.82) is 0 Å². The van der Waals surface area contributed by atoms with Crippen LogP contribution < -0.4 is 0 Å². The molecule has 4 heteroatoms. The smallest absolute Gasteiger partial charge is 0.206 e. The Balaban J connectivity index is 3.23. The Morgan fingerprint density at radius 3 is 1.95 bits per heavy atom. The van der Waals surface area contributed by atoms with E-state index in [4.69, 9.17) is 11.6 Å². The number of hydrogen-bond donors (Lipinski definition) is 0. The fraction of sp³-hybridized carbons (Fsp3) is 0.467. The zero-order chi connectivity index (χ0) is 14.5. The maximum Gasteiger partial charge on any atom is 0.256 e. The molecule has 0 unspecified atom stereocenters. The fourth-order valence-electron chi connectivity index (χ4n) is 2.55. The number of benzene rings is 1. The van der Waals surface area contributed by atoms with E-state index in [1.165, 1.54) is 0 Å². The topological polar surface area (TPSA) is 0 Å². The molecule has 0 nitrogen and oxygen atoms in total. The van der Waals surface area contributed by atoms with Gasteiger partial charge in [-0.15, -0.1) is 0 Å². The van der Waals surface area contributed by atoms with Crippen molar-refractivity contribution in [3.8, 4) is 0 Å². The third-order valence-corrected chi connectivity index (χ3v) is 9.97. The van der Waals surface area contributed by atoms with Gasteiger partial charge in [-0.3, -0.25) is 0 Å². The maximum absolute atomic E-state index is 13.5. The number of halogens is 3. The molecule has 0 aliphatic heterocycles. The van der Waals surface area contributed by atoms with Gasteiger partial charge in [-0.2, -0.15) is 0 Å². The molecule has 0 amide bonds. The predicted octanol–water partition coefficient (Wildman–Crippen LogP) is 6.04. The van der Waals surface area contributed by atoms with E-state index < -0.39 is 14.5 Å². The number of allylic oxidation sites excluding steroid dienone is 1. The summed E-state index contributed by atoms with van der Waals surface area (Å²) >= 11 is 5.82. The Hall–Kier alpha value is -0.673. The van der Waals surface area contributed by atoms with Crippen molar-refractivity contribution < 1.29 is 8.78 Å². The second-order valence-corrected chi connectivity index (χ2v) is 10.5. The minimum absolute atomic E-state index is 0.377. The van der Waals surface area contributed by atoms with Crippen LogP contribution in [-0.2, 0) is 0 Å². The molecular weight excluding hydrogens is 282 g/mol. The normalized spacial score (nSPS) is 13.1. The van der Waals surface area contributed by atoms with Crippen LogP contribution in [0.25, 0.3) is 6.08 Å². The summed E-state index contributed by atoms with van der Waals surface area (Å²) in [6, 6.07) is 9.67. The van der Waals surface area contributed by atoms with Gasteiger partial charge in [0.25, 0.3) is 6.43 Å². The first-order valence-corrected chi connectivity index (χ1v) is 9.74. The van der Waals surface area contributed by atoms with Crippen molar-refractivity contribution in [3.63, 3.8) is 0 Å². The molecule has 0 aliphatic rings. The van der Waals surface area contributed by atoms with E-state index >= 15 is 0 Å². The summed E-state index contributed by atoms with van der Waals surface area (Å²) in [5.74, 6) is 0. The Morgan fingerprint density at radius 1 is 1.11 bits per heavy atom. The highest BCUT2D eigenvalue weighted by atomic mass is 35.5. The second-order valence-electron chi connectivity index (χ2n) is 4.79. The summed E-state index contributed by atoms with van der Waals surface area (Å²) < 4.78 is 26.9. The average Bonchev–Trinajstić information content (AvgIpc) is 2.42. The van der Waals surface area contributed by atoms with Gasteiger partial charge in [-0.05, 0) is 22.9 Å². The molecule has 19 heavy (non-hydrogen) atoms. The van der Waals surface area contributed by atoms with Gasteiger partial charge < -0.3 is 0 Å². The highest BCUT2D eigenvalue weighted by Crippen LogP contribution is 2.34. The first kappa shape index (κ1) is 16.4. The van der Waals surface area contributed by atoms with Crippen LogP contribution >= 0.6 is 11.6 Å². The Labute approximate surface area is 120 Å². The van der Waals surface area contributed by atoms with Crippen LogP contribution in [0.1, 0.15) is 26.3 Å². The summed E-state index contributed by atoms with van der Waals surface area (Å²) in [7, 11) is -2.03. The van der Waals surface area contributed by atoms with Crippen LogP contribution in [-0.4, -0.2) is 14.5 Å². The molecule has 0 fully saturated rings. The average molecular weight is 303 g/mol. The summed E-state index contributed by atoms with van der Waals surface area (Å²) in [6.07, 6.45) is -0.675. The zero-order valence-electron chi connectivity index (χ0n) is 11.7. The van der Waals surface area contributed by atoms with Crippen molar-refractivity contribution >= 4 is 25.8 Å². The van der Waals surface area contributed by atoms with E-state index in [9.17, 15) is 8.78 Å². The van der Waals surface area contributed by atoms with Crippen LogP contribution in [0, 0.1) is 0 Å². The van der Waals surface area contributed by atoms with Gasteiger partial charge in [0, 0.05) is 5.02 Å². The van der Waals surface area contributed by atoms with E-state index in [0.29, 0.717) is 10.2 Å². The molecular formula is C15H21ClF2Si. The second kappa shape index (κ2) is 7.20. The summed E-state index contributed by atoms with van der Waals surface area (Å²) in [6.45, 7) is 6.12. The third-order valence-electron chi connectivity index (χ3n) is 4.07. The van der Waals surface area contributed by atoms with Gasteiger partial charge >= 0.3 is 0 Å². The van der Waals surface area contributed by atoms with Crippen LogP contribution in [0.2, 0.25) is 23.2 Å². The predicted molar refractivity (Wildman–Crippen MR) is 82.6 cm³/mol. The van der Waals surface area contributed by atoms with Crippen LogP contribution in [0.15, 0.2) is 29.5 Å². The highest BCUT2D eigenvalue weighted by Gasteiger charge is 2.36. The molecule has 0 aromatic heterocycles. The highest BCUT2D eigenvalue weighted by molar-refractivity contribution is 6.87. The van der Waals surface area contributed by atoms with Crippen molar-refractivity contribution in [2.75, 3.05) is 0 Å². The van der Waals surface area contributed by atoms with Crippen molar-refractivity contribution in [2.24, 2.45) is 0 Å². The molecule has 106 valence electrons. The SMILES string of the molecule is CC[Si](CC)(CC)/C(=C/c1ccc(Cl)cc1)C(F)F. The summed E-state index contributed by atoms with van der Waals surface area (Å²) in [5, 5.41) is 1.00. The molecule has 0 bridgehead atoms. The van der Waals surface area contributed by atoms with Crippen molar-refractivity contribution in [2.45, 2.75) is 45.3 Å². The van der Waals surface area contributed by atoms with Gasteiger partial charge in [0.2, 0.25) is 0 Å². The van der Waals surface area contributed by atoms with Crippen molar-refractivity contribution in [3.05, 3.63) is 40.0 Å². The first-order valence-electron chi connectivity index (χ1n) is 6.74. The van der Waals surface area contributed by atoms with E-state index in [1.807, 2.05) is 20.8 Å². The molecule has 0 heterocycles. The molecule has 0 atom stereocenters. The standard InChI is InChI=1S/C15H21ClF2Si/c1-4-19(5-2,6-3)14(15(17)18)11-12-7-9-13(16)10-8-12/h7-11,15H,4-6H2,1-3H3/b14-11+. The lowest BCUT2D eigenvalue weighted by Gasteiger charge is -2.31. The lowest BCUT2D eigenvalue weighted by Crippen LogP contribution is -2.37. The lowest BCUT2D eigenvalue weighted by molar-refractivity contribution is 0.198. The van der Waals surface area contributed by atoms with E-state index in [-0.39, 0.29) is 0 Å². The third kappa shape index (κ3) is 3.89. The van der Waals surface area contributed by atoms with E-state index in [2.05, 4.69) is 0 Å². The van der Waals surface area contributed by atoms with Crippen LogP contribution in [0.4, 0.5) is 8.78 Å². The maximum atomic E-state index is 13.5. The minimum Gasteiger partial charge on any atom is -0.206 e. The largest absolute Gasteiger partial charge is 0.256 e. The number of rotatable bonds is 6. The fourth-order valence-corrected chi connectivity index (χ4v) is 6.33. The molecule has 1 rings (SSSR count). The van der Waals surface area contributed by atoms with Crippen LogP contribution in [0.3, 0.4) is 0 Å². The van der Waals surface area contributed by atoms with Gasteiger partial charge in [0.05, 0.1) is 8.07 Å². The summed E-state index contributed by atoms with van der Waals surface area (Å²) in [5.41, 5.74) is 0.812. The Kier molecular flexibility index (Phi) is 6.21. The Bertz CT molecular complexity index is 414. The molecule has 0 spiro atoms. The Morgan fingerprint density at radius 2 is 1.58 bits per heavy atom. The van der Waals surface area contributed by atoms with Gasteiger partial charge in [-0.1, -0.05) is 68.7 Å². The first-order chi connectivity index (χ1) is 8.99. The monoisotopic (exact) mass is 302 g/mol. The molecule has 0 saturated heterocycles. The molecule has 1 aromatic carbocycles. The zero-order valence-corrected chi connectivity index (χ0v) is 13.5. The van der Waals surface area contributed by atoms with Crippen molar-refractivity contribution in [1.82, 2.24) is 0 Å². The molecule has 1 aromatic rings. The van der Waals surface area contributed by atoms with E-state index in [0.717, 1.165) is 23.7 Å². The summed E-state index contributed by atoms with van der Waals surface area (Å²) in [4.78, 5) is 0. The molecule has 0 aliphatic carbocycles. The number of alkyl halides is 2. The molecule has 0 saturated carbocycles. The molecule has 0 N–H and O–H groups in total.